The van der Waals surface area contributed by atoms with Crippen molar-refractivity contribution in [2.24, 2.45) is 0 Å². The predicted molar refractivity (Wildman–Crippen MR) is 170 cm³/mol. The second-order valence-corrected chi connectivity index (χ2v) is 13.0. The summed E-state index contributed by atoms with van der Waals surface area (Å²) in [5.74, 6) is 1.21. The van der Waals surface area contributed by atoms with Crippen molar-refractivity contribution in [2.45, 2.75) is 91.2 Å². The Bertz CT molecular complexity index is 1390. The monoisotopic (exact) mass is 546 g/mol. The smallest absolute Gasteiger partial charge is 0.0713 e. The first-order valence-corrected chi connectivity index (χ1v) is 15.9. The highest BCUT2D eigenvalue weighted by Gasteiger charge is 2.46. The third-order valence-electron chi connectivity index (χ3n) is 9.96. The zero-order valence-electron chi connectivity index (χ0n) is 22.7. The van der Waals surface area contributed by atoms with E-state index in [-0.39, 0.29) is 5.41 Å². The van der Waals surface area contributed by atoms with Gasteiger partial charge in [-0.2, -0.15) is 0 Å². The van der Waals surface area contributed by atoms with Crippen molar-refractivity contribution < 1.29 is 0 Å². The lowest BCUT2D eigenvalue weighted by atomic mass is 9.66. The fourth-order valence-corrected chi connectivity index (χ4v) is 8.72. The molecule has 0 amide bonds. The van der Waals surface area contributed by atoms with E-state index in [4.69, 9.17) is 25.3 Å². The van der Waals surface area contributed by atoms with E-state index < -0.39 is 0 Å². The zero-order valence-corrected chi connectivity index (χ0v) is 24.5. The number of fused-ring (bicyclic) bond motifs is 3. The van der Waals surface area contributed by atoms with Gasteiger partial charge in [0.05, 0.1) is 5.41 Å². The van der Waals surface area contributed by atoms with E-state index in [1.807, 2.05) is 0 Å². The molecule has 0 bridgehead atoms. The van der Waals surface area contributed by atoms with E-state index in [9.17, 15) is 0 Å². The van der Waals surface area contributed by atoms with Crippen molar-refractivity contribution in [3.8, 4) is 11.1 Å². The maximum Gasteiger partial charge on any atom is 0.0713 e. The Labute approximate surface area is 245 Å². The van der Waals surface area contributed by atoms with Gasteiger partial charge in [0.25, 0.3) is 0 Å². The maximum absolute atomic E-state index is 5.01. The fraction of sp³-hybridized carbons (Fsp3) is 0.351. The Hall–Kier alpha value is -2.42. The lowest BCUT2D eigenvalue weighted by molar-refractivity contribution is 0.438. The minimum absolute atomic E-state index is 0.358. The molecule has 3 aliphatic carbocycles. The third-order valence-corrected chi connectivity index (χ3v) is 10.8. The summed E-state index contributed by atoms with van der Waals surface area (Å²) in [6.45, 7) is 0. The van der Waals surface area contributed by atoms with Crippen LogP contribution in [0.3, 0.4) is 0 Å². The number of thiol groups is 2. The van der Waals surface area contributed by atoms with Crippen LogP contribution in [0.2, 0.25) is 0 Å². The molecule has 198 valence electrons. The van der Waals surface area contributed by atoms with Crippen molar-refractivity contribution in [2.75, 3.05) is 0 Å². The molecule has 0 aromatic heterocycles. The van der Waals surface area contributed by atoms with Crippen LogP contribution in [0.4, 0.5) is 0 Å². The third kappa shape index (κ3) is 4.21. The van der Waals surface area contributed by atoms with Gasteiger partial charge in [0.15, 0.2) is 0 Å². The predicted octanol–water partition coefficient (Wildman–Crippen LogP) is 10.7. The Morgan fingerprint density at radius 3 is 1.33 bits per heavy atom. The second-order valence-electron chi connectivity index (χ2n) is 12.1. The Morgan fingerprint density at radius 2 is 0.897 bits per heavy atom. The molecule has 3 aliphatic rings. The molecule has 2 saturated carbocycles. The molecule has 7 rings (SSSR count). The molecule has 2 fully saturated rings. The van der Waals surface area contributed by atoms with Gasteiger partial charge in [0, 0.05) is 9.79 Å². The molecule has 0 saturated heterocycles. The highest BCUT2D eigenvalue weighted by atomic mass is 32.1. The molecule has 0 spiro atoms. The first-order valence-electron chi connectivity index (χ1n) is 15.0. The quantitative estimate of drug-likeness (QED) is 0.206. The normalized spacial score (nSPS) is 19.0. The summed E-state index contributed by atoms with van der Waals surface area (Å²) in [5.41, 5.74) is 10.8. The van der Waals surface area contributed by atoms with Crippen LogP contribution >= 0.6 is 25.3 Å². The molecule has 0 N–H and O–H groups in total. The van der Waals surface area contributed by atoms with Gasteiger partial charge >= 0.3 is 0 Å². The molecule has 0 atom stereocenters. The van der Waals surface area contributed by atoms with Gasteiger partial charge in [-0.15, -0.1) is 25.3 Å². The molecule has 0 nitrogen and oxygen atoms in total. The summed E-state index contributed by atoms with van der Waals surface area (Å²) in [4.78, 5) is 2.29. The molecule has 2 heteroatoms. The van der Waals surface area contributed by atoms with Crippen molar-refractivity contribution in [1.82, 2.24) is 0 Å². The van der Waals surface area contributed by atoms with Crippen LogP contribution in [0.5, 0.6) is 0 Å². The van der Waals surface area contributed by atoms with Gasteiger partial charge in [-0.3, -0.25) is 0 Å². The van der Waals surface area contributed by atoms with Crippen LogP contribution in [0.1, 0.15) is 109 Å². The molecule has 0 aliphatic heterocycles. The summed E-state index contributed by atoms with van der Waals surface area (Å²) >= 11 is 10.0. The SMILES string of the molecule is Sc1ccc(C2(c3ccc(S)c(C4CCCCC4)c3)c3ccccc3-c3ccccc32)cc1C1CCCCC1. The Morgan fingerprint density at radius 1 is 0.487 bits per heavy atom. The fourth-order valence-electron chi connectivity index (χ4n) is 8.08. The highest BCUT2D eigenvalue weighted by molar-refractivity contribution is 7.80. The van der Waals surface area contributed by atoms with E-state index in [1.54, 1.807) is 0 Å². The molecule has 0 heterocycles. The van der Waals surface area contributed by atoms with Crippen LogP contribution in [-0.4, -0.2) is 0 Å². The first-order chi connectivity index (χ1) is 19.2. The summed E-state index contributed by atoms with van der Waals surface area (Å²) in [6.07, 6.45) is 13.1. The van der Waals surface area contributed by atoms with Gasteiger partial charge in [0.2, 0.25) is 0 Å². The van der Waals surface area contributed by atoms with Crippen molar-refractivity contribution in [1.29, 1.82) is 0 Å². The van der Waals surface area contributed by atoms with Crippen molar-refractivity contribution >= 4 is 25.3 Å². The van der Waals surface area contributed by atoms with Crippen LogP contribution in [0.15, 0.2) is 94.7 Å². The summed E-state index contributed by atoms with van der Waals surface area (Å²) < 4.78 is 0. The van der Waals surface area contributed by atoms with Crippen molar-refractivity contribution in [3.05, 3.63) is 118 Å². The Balaban J connectivity index is 1.51. The largest absolute Gasteiger partial charge is 0.143 e. The zero-order chi connectivity index (χ0) is 26.4. The minimum atomic E-state index is -0.358. The topological polar surface area (TPSA) is 0 Å². The molecule has 39 heavy (non-hydrogen) atoms. The van der Waals surface area contributed by atoms with Gasteiger partial charge < -0.3 is 0 Å². The van der Waals surface area contributed by atoms with E-state index >= 15 is 0 Å². The van der Waals surface area contributed by atoms with Gasteiger partial charge in [0.1, 0.15) is 0 Å². The standard InChI is InChI=1S/C37H38S2/c38-35-21-19-27(23-31(35)25-11-3-1-4-12-25)37(28-20-22-36(39)32(24-28)26-13-5-2-6-14-26)33-17-9-7-15-29(33)30-16-8-10-18-34(30)37/h7-10,15-26,38-39H,1-6,11-14H2. The van der Waals surface area contributed by atoms with E-state index in [2.05, 4.69) is 84.9 Å². The Kier molecular flexibility index (Phi) is 6.89. The number of hydrogen-bond donors (Lipinski definition) is 2. The van der Waals surface area contributed by atoms with E-state index in [0.29, 0.717) is 11.8 Å². The lowest BCUT2D eigenvalue weighted by Gasteiger charge is -2.36. The summed E-state index contributed by atoms with van der Waals surface area (Å²) in [6, 6.07) is 32.6. The second kappa shape index (κ2) is 10.5. The molecular weight excluding hydrogens is 509 g/mol. The molecule has 4 aromatic rings. The average Bonchev–Trinajstić information content (AvgIpc) is 3.30. The van der Waals surface area contributed by atoms with Crippen LogP contribution < -0.4 is 0 Å². The molecular formula is C37H38S2. The molecule has 0 unspecified atom stereocenters. The molecule has 4 aromatic carbocycles. The highest BCUT2D eigenvalue weighted by Crippen LogP contribution is 2.57. The maximum atomic E-state index is 5.01. The van der Waals surface area contributed by atoms with E-state index in [1.165, 1.54) is 109 Å². The number of benzene rings is 4. The average molecular weight is 547 g/mol. The van der Waals surface area contributed by atoms with Crippen LogP contribution in [0.25, 0.3) is 11.1 Å². The van der Waals surface area contributed by atoms with Gasteiger partial charge in [-0.25, -0.2) is 0 Å². The van der Waals surface area contributed by atoms with Gasteiger partial charge in [-0.05, 0) is 94.2 Å². The minimum Gasteiger partial charge on any atom is -0.143 e. The number of hydrogen-bond acceptors (Lipinski definition) is 2. The van der Waals surface area contributed by atoms with Crippen molar-refractivity contribution in [3.63, 3.8) is 0 Å². The molecule has 0 radical (unpaired) electrons. The van der Waals surface area contributed by atoms with Gasteiger partial charge in [-0.1, -0.05) is 111 Å². The first kappa shape index (κ1) is 25.5. The number of rotatable bonds is 4. The van der Waals surface area contributed by atoms with Crippen LogP contribution in [-0.2, 0) is 5.41 Å². The summed E-state index contributed by atoms with van der Waals surface area (Å²) in [5, 5.41) is 0. The lowest BCUT2D eigenvalue weighted by Crippen LogP contribution is -2.29. The van der Waals surface area contributed by atoms with Crippen LogP contribution in [0, 0.1) is 0 Å². The van der Waals surface area contributed by atoms with E-state index in [0.717, 1.165) is 9.79 Å². The summed E-state index contributed by atoms with van der Waals surface area (Å²) in [7, 11) is 0.